The highest BCUT2D eigenvalue weighted by atomic mass is 16.7. The van der Waals surface area contributed by atoms with E-state index in [1.165, 1.54) is 16.3 Å². The Kier molecular flexibility index (Phi) is 9.09. The van der Waals surface area contributed by atoms with Crippen molar-refractivity contribution in [2.45, 2.75) is 44.5 Å². The van der Waals surface area contributed by atoms with E-state index in [0.717, 1.165) is 23.2 Å². The largest absolute Gasteiger partial charge is 0.392 e. The predicted octanol–water partition coefficient (Wildman–Crippen LogP) is 7.22. The molecule has 5 aromatic rings. The van der Waals surface area contributed by atoms with Gasteiger partial charge in [-0.05, 0) is 71.8 Å². The van der Waals surface area contributed by atoms with Crippen molar-refractivity contribution in [3.05, 3.63) is 143 Å². The van der Waals surface area contributed by atoms with E-state index >= 15 is 0 Å². The van der Waals surface area contributed by atoms with Gasteiger partial charge in [-0.15, -0.1) is 0 Å². The summed E-state index contributed by atoms with van der Waals surface area (Å²) in [4.78, 5) is 18.9. The van der Waals surface area contributed by atoms with Gasteiger partial charge in [0, 0.05) is 42.7 Å². The van der Waals surface area contributed by atoms with Crippen LogP contribution < -0.4 is 5.32 Å². The number of pyridine rings is 1. The van der Waals surface area contributed by atoms with E-state index in [4.69, 9.17) is 9.47 Å². The van der Waals surface area contributed by atoms with Crippen LogP contribution in [0.5, 0.6) is 0 Å². The highest BCUT2D eigenvalue weighted by Gasteiger charge is 2.33. The third kappa shape index (κ3) is 6.87. The monoisotopic (exact) mass is 587 g/mol. The molecule has 0 unspecified atom stereocenters. The van der Waals surface area contributed by atoms with Crippen molar-refractivity contribution in [1.82, 2.24) is 9.88 Å². The van der Waals surface area contributed by atoms with Crippen LogP contribution in [0.3, 0.4) is 0 Å². The van der Waals surface area contributed by atoms with Gasteiger partial charge in [0.05, 0.1) is 24.4 Å². The summed E-state index contributed by atoms with van der Waals surface area (Å²) in [6.07, 6.45) is 3.03. The molecule has 0 radical (unpaired) electrons. The molecule has 0 spiro atoms. The number of fused-ring (bicyclic) bond motifs is 1. The molecule has 0 aliphatic carbocycles. The van der Waals surface area contributed by atoms with Crippen LogP contribution in [0, 0.1) is 0 Å². The Morgan fingerprint density at radius 3 is 2.41 bits per heavy atom. The normalized spacial score (nSPS) is 19.1. The number of aliphatic hydroxyl groups is 1. The fraction of sp³-hybridized carbons (Fsp3) is 0.243. The van der Waals surface area contributed by atoms with Crippen molar-refractivity contribution in [1.29, 1.82) is 0 Å². The number of aromatic nitrogens is 1. The number of rotatable bonds is 9. The molecule has 1 fully saturated rings. The van der Waals surface area contributed by atoms with Crippen molar-refractivity contribution >= 4 is 22.4 Å². The maximum Gasteiger partial charge on any atom is 0.257 e. The molecular weight excluding hydrogens is 550 g/mol. The van der Waals surface area contributed by atoms with Gasteiger partial charge in [-0.25, -0.2) is 0 Å². The lowest BCUT2D eigenvalue weighted by molar-refractivity contribution is -0.253. The lowest BCUT2D eigenvalue weighted by Gasteiger charge is -2.39. The Labute approximate surface area is 258 Å². The van der Waals surface area contributed by atoms with Gasteiger partial charge in [0.25, 0.3) is 5.91 Å². The summed E-state index contributed by atoms with van der Waals surface area (Å²) >= 11 is 0. The molecule has 7 heteroatoms. The van der Waals surface area contributed by atoms with Crippen molar-refractivity contribution in [3.63, 3.8) is 0 Å². The maximum atomic E-state index is 12.6. The van der Waals surface area contributed by atoms with Crippen molar-refractivity contribution in [3.8, 4) is 0 Å². The molecule has 2 heterocycles. The molecule has 1 aromatic heterocycles. The number of nitrogens with one attached hydrogen (secondary N) is 1. The van der Waals surface area contributed by atoms with E-state index in [9.17, 15) is 9.90 Å². The standard InChI is InChI=1S/C37H37N3O4/c1-25(30-14-13-27-6-3-4-7-31(27)20-30)40(2)23-34-21-35(28-11-9-26(24-41)10-12-28)44-37(43-34)29-15-17-33(18-16-29)39-36(42)32-8-5-19-38-22-32/h3-20,22,25,34-35,37,41H,21,23-24H2,1-2H3,(H,39,42)/t25-,34+,35-,37-/m1/s1. The number of likely N-dealkylation sites (N-methyl/N-ethyl adjacent to an activating group) is 1. The minimum absolute atomic E-state index is 0.00128. The first-order valence-corrected chi connectivity index (χ1v) is 15.0. The lowest BCUT2D eigenvalue weighted by Crippen LogP contribution is -2.38. The molecule has 44 heavy (non-hydrogen) atoms. The van der Waals surface area contributed by atoms with Crippen LogP contribution in [0.4, 0.5) is 5.69 Å². The van der Waals surface area contributed by atoms with Crippen LogP contribution in [-0.4, -0.2) is 40.6 Å². The molecule has 7 nitrogen and oxygen atoms in total. The molecule has 0 saturated carbocycles. The highest BCUT2D eigenvalue weighted by molar-refractivity contribution is 6.04. The summed E-state index contributed by atoms with van der Waals surface area (Å²) in [5, 5.41) is 14.9. The Hall–Kier alpha value is -4.40. The van der Waals surface area contributed by atoms with E-state index in [2.05, 4.69) is 71.6 Å². The Bertz CT molecular complexity index is 1690. The van der Waals surface area contributed by atoms with E-state index in [0.29, 0.717) is 17.7 Å². The number of benzene rings is 4. The number of ether oxygens (including phenoxy) is 2. The van der Waals surface area contributed by atoms with Gasteiger partial charge in [-0.3, -0.25) is 14.7 Å². The zero-order valence-electron chi connectivity index (χ0n) is 25.0. The molecule has 4 atom stereocenters. The molecule has 0 bridgehead atoms. The van der Waals surface area contributed by atoms with E-state index in [1.54, 1.807) is 24.5 Å². The van der Waals surface area contributed by atoms with Crippen molar-refractivity contribution < 1.29 is 19.4 Å². The molecule has 1 aliphatic heterocycles. The average Bonchev–Trinajstić information content (AvgIpc) is 3.08. The number of amides is 1. The first kappa shape index (κ1) is 29.7. The van der Waals surface area contributed by atoms with E-state index < -0.39 is 6.29 Å². The number of carbonyl (C=O) groups excluding carboxylic acids is 1. The molecule has 4 aromatic carbocycles. The number of nitrogens with zero attached hydrogens (tertiary/aromatic N) is 2. The van der Waals surface area contributed by atoms with Crippen LogP contribution in [0.1, 0.15) is 64.4 Å². The van der Waals surface area contributed by atoms with Crippen LogP contribution in [0.2, 0.25) is 0 Å². The lowest BCUT2D eigenvalue weighted by atomic mass is 9.98. The molecule has 224 valence electrons. The van der Waals surface area contributed by atoms with E-state index in [-0.39, 0.29) is 30.8 Å². The van der Waals surface area contributed by atoms with Crippen LogP contribution in [-0.2, 0) is 16.1 Å². The first-order valence-electron chi connectivity index (χ1n) is 15.0. The second-order valence-corrected chi connectivity index (χ2v) is 11.4. The third-order valence-corrected chi connectivity index (χ3v) is 8.39. The summed E-state index contributed by atoms with van der Waals surface area (Å²) in [7, 11) is 2.14. The molecule has 1 saturated heterocycles. The fourth-order valence-electron chi connectivity index (χ4n) is 5.66. The second-order valence-electron chi connectivity index (χ2n) is 11.4. The second kappa shape index (κ2) is 13.5. The molecule has 1 amide bonds. The van der Waals surface area contributed by atoms with Crippen molar-refractivity contribution in [2.24, 2.45) is 0 Å². The molecule has 6 rings (SSSR count). The zero-order chi connectivity index (χ0) is 30.5. The van der Waals surface area contributed by atoms with Gasteiger partial charge >= 0.3 is 0 Å². The molecule has 2 N–H and O–H groups in total. The summed E-state index contributed by atoms with van der Waals surface area (Å²) in [6.45, 7) is 2.95. The van der Waals surface area contributed by atoms with Gasteiger partial charge < -0.3 is 19.9 Å². The van der Waals surface area contributed by atoms with Gasteiger partial charge in [-0.1, -0.05) is 72.8 Å². The van der Waals surface area contributed by atoms with Gasteiger partial charge in [0.2, 0.25) is 0 Å². The summed E-state index contributed by atoms with van der Waals surface area (Å²) in [5.41, 5.74) is 5.21. The SMILES string of the molecule is C[C@H](c1ccc2ccccc2c1)N(C)C[C@@H]1C[C@H](c2ccc(CO)cc2)O[C@H](c2ccc(NC(=O)c3cccnc3)cc2)O1. The smallest absolute Gasteiger partial charge is 0.257 e. The Morgan fingerprint density at radius 1 is 0.932 bits per heavy atom. The predicted molar refractivity (Wildman–Crippen MR) is 172 cm³/mol. The number of aliphatic hydroxyl groups excluding tert-OH is 1. The molecular formula is C37H37N3O4. The molecule has 1 aliphatic rings. The highest BCUT2D eigenvalue weighted by Crippen LogP contribution is 2.39. The quantitative estimate of drug-likeness (QED) is 0.190. The van der Waals surface area contributed by atoms with Gasteiger partial charge in [-0.2, -0.15) is 0 Å². The topological polar surface area (TPSA) is 83.9 Å². The van der Waals surface area contributed by atoms with Crippen molar-refractivity contribution in [2.75, 3.05) is 18.9 Å². The minimum atomic E-state index is -0.580. The zero-order valence-corrected chi connectivity index (χ0v) is 25.0. The van der Waals surface area contributed by atoms with E-state index in [1.807, 2.05) is 48.5 Å². The maximum absolute atomic E-state index is 12.6. The van der Waals surface area contributed by atoms with Crippen LogP contribution >= 0.6 is 0 Å². The van der Waals surface area contributed by atoms with Crippen LogP contribution in [0.25, 0.3) is 10.8 Å². The minimum Gasteiger partial charge on any atom is -0.392 e. The summed E-state index contributed by atoms with van der Waals surface area (Å²) in [5.74, 6) is -0.217. The number of hydrogen-bond donors (Lipinski definition) is 2. The number of anilines is 1. The Morgan fingerprint density at radius 2 is 1.68 bits per heavy atom. The number of carbonyl (C=O) groups is 1. The Balaban J connectivity index is 1.19. The third-order valence-electron chi connectivity index (χ3n) is 8.39. The summed E-state index contributed by atoms with van der Waals surface area (Å²) < 4.78 is 13.1. The van der Waals surface area contributed by atoms with Gasteiger partial charge in [0.15, 0.2) is 6.29 Å². The van der Waals surface area contributed by atoms with Crippen LogP contribution in [0.15, 0.2) is 116 Å². The number of hydrogen-bond acceptors (Lipinski definition) is 6. The first-order chi connectivity index (χ1) is 21.5. The fourth-order valence-corrected chi connectivity index (χ4v) is 5.66. The van der Waals surface area contributed by atoms with Gasteiger partial charge in [0.1, 0.15) is 0 Å². The summed E-state index contributed by atoms with van der Waals surface area (Å²) in [6, 6.07) is 34.2. The average molecular weight is 588 g/mol.